The Bertz CT molecular complexity index is 912. The minimum absolute atomic E-state index is 0.0315. The molecule has 6 heteroatoms. The van der Waals surface area contributed by atoms with Gasteiger partial charge < -0.3 is 10.2 Å². The van der Waals surface area contributed by atoms with Crippen molar-refractivity contribution in [1.82, 2.24) is 20.2 Å². The number of carbonyl (C=O) groups excluding carboxylic acids is 2. The van der Waals surface area contributed by atoms with Crippen molar-refractivity contribution >= 4 is 22.8 Å². The highest BCUT2D eigenvalue weighted by atomic mass is 16.2. The van der Waals surface area contributed by atoms with Crippen molar-refractivity contribution in [2.24, 2.45) is 5.92 Å². The van der Waals surface area contributed by atoms with Crippen LogP contribution < -0.4 is 5.32 Å². The predicted octanol–water partition coefficient (Wildman–Crippen LogP) is 3.55. The van der Waals surface area contributed by atoms with Crippen LogP contribution in [0.2, 0.25) is 0 Å². The summed E-state index contributed by atoms with van der Waals surface area (Å²) in [6, 6.07) is 5.74. The summed E-state index contributed by atoms with van der Waals surface area (Å²) in [5.41, 5.74) is 4.02. The van der Waals surface area contributed by atoms with Crippen LogP contribution in [0.1, 0.15) is 66.7 Å². The smallest absolute Gasteiger partial charge is 0.253 e. The summed E-state index contributed by atoms with van der Waals surface area (Å²) < 4.78 is 0. The van der Waals surface area contributed by atoms with Crippen LogP contribution in [-0.4, -0.2) is 45.8 Å². The van der Waals surface area contributed by atoms with E-state index in [1.54, 1.807) is 0 Å². The molecule has 0 unspecified atom stereocenters. The van der Waals surface area contributed by atoms with Gasteiger partial charge >= 0.3 is 0 Å². The zero-order chi connectivity index (χ0) is 20.4. The fourth-order valence-corrected chi connectivity index (χ4v) is 4.46. The average molecular weight is 395 g/mol. The normalized spacial score (nSPS) is 18.8. The first-order chi connectivity index (χ1) is 14.0. The number of rotatable bonds is 3. The summed E-state index contributed by atoms with van der Waals surface area (Å²) >= 11 is 0. The average Bonchev–Trinajstić information content (AvgIpc) is 2.75. The van der Waals surface area contributed by atoms with Crippen molar-refractivity contribution in [2.45, 2.75) is 64.8 Å². The molecule has 1 aliphatic heterocycles. The predicted molar refractivity (Wildman–Crippen MR) is 113 cm³/mol. The Morgan fingerprint density at radius 3 is 2.28 bits per heavy atom. The molecule has 2 heterocycles. The first-order valence-electron chi connectivity index (χ1n) is 10.9. The highest BCUT2D eigenvalue weighted by molar-refractivity contribution is 5.97. The van der Waals surface area contributed by atoms with Gasteiger partial charge in [-0.2, -0.15) is 0 Å². The Kier molecular flexibility index (Phi) is 5.79. The third-order valence-corrected chi connectivity index (χ3v) is 6.43. The molecule has 2 amide bonds. The molecule has 0 atom stereocenters. The van der Waals surface area contributed by atoms with Crippen LogP contribution in [0.3, 0.4) is 0 Å². The van der Waals surface area contributed by atoms with Crippen LogP contribution >= 0.6 is 0 Å². The van der Waals surface area contributed by atoms with Gasteiger partial charge in [0.15, 0.2) is 0 Å². The number of fused-ring (bicyclic) bond motifs is 1. The molecular formula is C23H30N4O2. The maximum absolute atomic E-state index is 13.0. The Labute approximate surface area is 172 Å². The monoisotopic (exact) mass is 394 g/mol. The number of piperidine rings is 1. The topological polar surface area (TPSA) is 75.2 Å². The summed E-state index contributed by atoms with van der Waals surface area (Å²) in [6.07, 6.45) is 7.26. The van der Waals surface area contributed by atoms with E-state index < -0.39 is 0 Å². The lowest BCUT2D eigenvalue weighted by molar-refractivity contribution is -0.126. The standard InChI is InChI=1S/C23H30N4O2/c1-15-16(2)25-21-14-18(8-9-20(21)24-15)23(29)27-12-10-19(11-13-27)26-22(28)17-6-4-3-5-7-17/h8-9,14,17,19H,3-7,10-13H2,1-2H3,(H,26,28). The molecule has 154 valence electrons. The number of nitrogens with one attached hydrogen (secondary N) is 1. The number of hydrogen-bond acceptors (Lipinski definition) is 4. The molecule has 1 saturated heterocycles. The van der Waals surface area contributed by atoms with E-state index in [-0.39, 0.29) is 23.8 Å². The molecule has 1 N–H and O–H groups in total. The molecule has 29 heavy (non-hydrogen) atoms. The minimum atomic E-state index is 0.0315. The summed E-state index contributed by atoms with van der Waals surface area (Å²) in [5.74, 6) is 0.437. The van der Waals surface area contributed by atoms with Gasteiger partial charge in [0.1, 0.15) is 0 Å². The van der Waals surface area contributed by atoms with E-state index in [9.17, 15) is 9.59 Å². The number of aryl methyl sites for hydroxylation is 2. The Balaban J connectivity index is 1.35. The van der Waals surface area contributed by atoms with E-state index in [4.69, 9.17) is 0 Å². The summed E-state index contributed by atoms with van der Waals surface area (Å²) in [4.78, 5) is 36.4. The van der Waals surface area contributed by atoms with Gasteiger partial charge in [0.05, 0.1) is 22.4 Å². The van der Waals surface area contributed by atoms with Crippen LogP contribution in [0.15, 0.2) is 18.2 Å². The van der Waals surface area contributed by atoms with Crippen molar-refractivity contribution in [3.63, 3.8) is 0 Å². The van der Waals surface area contributed by atoms with Gasteiger partial charge in [-0.3, -0.25) is 9.59 Å². The van der Waals surface area contributed by atoms with Crippen molar-refractivity contribution in [1.29, 1.82) is 0 Å². The molecule has 4 rings (SSSR count). The fourth-order valence-electron chi connectivity index (χ4n) is 4.46. The van der Waals surface area contributed by atoms with E-state index in [0.717, 1.165) is 48.1 Å². The van der Waals surface area contributed by atoms with E-state index in [2.05, 4.69) is 15.3 Å². The van der Waals surface area contributed by atoms with Crippen LogP contribution in [0.25, 0.3) is 11.0 Å². The zero-order valence-electron chi connectivity index (χ0n) is 17.4. The molecular weight excluding hydrogens is 364 g/mol. The second kappa shape index (κ2) is 8.47. The van der Waals surface area contributed by atoms with E-state index >= 15 is 0 Å². The largest absolute Gasteiger partial charge is 0.353 e. The first-order valence-corrected chi connectivity index (χ1v) is 10.9. The molecule has 1 saturated carbocycles. The van der Waals surface area contributed by atoms with Crippen LogP contribution in [0.5, 0.6) is 0 Å². The number of benzene rings is 1. The molecule has 1 aromatic carbocycles. The van der Waals surface area contributed by atoms with Crippen molar-refractivity contribution in [3.8, 4) is 0 Å². The van der Waals surface area contributed by atoms with E-state index in [0.29, 0.717) is 18.7 Å². The quantitative estimate of drug-likeness (QED) is 0.864. The van der Waals surface area contributed by atoms with Crippen molar-refractivity contribution in [3.05, 3.63) is 35.2 Å². The Morgan fingerprint density at radius 1 is 0.931 bits per heavy atom. The zero-order valence-corrected chi connectivity index (χ0v) is 17.4. The number of hydrogen-bond donors (Lipinski definition) is 1. The minimum Gasteiger partial charge on any atom is -0.353 e. The molecule has 2 aromatic rings. The van der Waals surface area contributed by atoms with Crippen LogP contribution in [0.4, 0.5) is 0 Å². The van der Waals surface area contributed by atoms with Crippen LogP contribution in [-0.2, 0) is 4.79 Å². The highest BCUT2D eigenvalue weighted by Crippen LogP contribution is 2.24. The van der Waals surface area contributed by atoms with E-state index in [1.807, 2.05) is 36.9 Å². The van der Waals surface area contributed by atoms with Gasteiger partial charge in [-0.05, 0) is 57.7 Å². The SMILES string of the molecule is Cc1nc2ccc(C(=O)N3CCC(NC(=O)C4CCCCC4)CC3)cc2nc1C. The Morgan fingerprint density at radius 2 is 1.59 bits per heavy atom. The first kappa shape index (κ1) is 19.8. The van der Waals surface area contributed by atoms with Gasteiger partial charge in [-0.1, -0.05) is 19.3 Å². The molecule has 1 aliphatic carbocycles. The highest BCUT2D eigenvalue weighted by Gasteiger charge is 2.27. The third-order valence-electron chi connectivity index (χ3n) is 6.43. The number of carbonyl (C=O) groups is 2. The number of likely N-dealkylation sites (tertiary alicyclic amines) is 1. The second-order valence-corrected chi connectivity index (χ2v) is 8.51. The maximum atomic E-state index is 13.0. The van der Waals surface area contributed by atoms with Gasteiger partial charge in [-0.25, -0.2) is 9.97 Å². The fraction of sp³-hybridized carbons (Fsp3) is 0.565. The number of nitrogens with zero attached hydrogens (tertiary/aromatic N) is 3. The molecule has 2 aliphatic rings. The third kappa shape index (κ3) is 4.41. The van der Waals surface area contributed by atoms with Crippen LogP contribution in [0, 0.1) is 19.8 Å². The molecule has 1 aromatic heterocycles. The molecule has 6 nitrogen and oxygen atoms in total. The summed E-state index contributed by atoms with van der Waals surface area (Å²) in [6.45, 7) is 5.22. The lowest BCUT2D eigenvalue weighted by Gasteiger charge is -2.33. The second-order valence-electron chi connectivity index (χ2n) is 8.51. The van der Waals surface area contributed by atoms with Gasteiger partial charge in [0.2, 0.25) is 5.91 Å². The van der Waals surface area contributed by atoms with Crippen molar-refractivity contribution < 1.29 is 9.59 Å². The Hall–Kier alpha value is -2.50. The molecule has 0 spiro atoms. The molecule has 2 fully saturated rings. The molecule has 0 radical (unpaired) electrons. The summed E-state index contributed by atoms with van der Waals surface area (Å²) in [5, 5.41) is 3.23. The molecule has 0 bridgehead atoms. The van der Waals surface area contributed by atoms with E-state index in [1.165, 1.54) is 19.3 Å². The number of amides is 2. The maximum Gasteiger partial charge on any atom is 0.253 e. The number of aromatic nitrogens is 2. The van der Waals surface area contributed by atoms with Gasteiger partial charge in [-0.15, -0.1) is 0 Å². The van der Waals surface area contributed by atoms with Gasteiger partial charge in [0, 0.05) is 30.6 Å². The summed E-state index contributed by atoms with van der Waals surface area (Å²) in [7, 11) is 0. The van der Waals surface area contributed by atoms with Gasteiger partial charge in [0.25, 0.3) is 5.91 Å². The van der Waals surface area contributed by atoms with Crippen molar-refractivity contribution in [2.75, 3.05) is 13.1 Å². The lowest BCUT2D eigenvalue weighted by Crippen LogP contribution is -2.48. The lowest BCUT2D eigenvalue weighted by atomic mass is 9.88.